The van der Waals surface area contributed by atoms with Gasteiger partial charge in [0.25, 0.3) is 0 Å². The summed E-state index contributed by atoms with van der Waals surface area (Å²) in [5, 5.41) is 15.8. The lowest BCUT2D eigenvalue weighted by molar-refractivity contribution is -0.151. The van der Waals surface area contributed by atoms with Gasteiger partial charge in [-0.3, -0.25) is 19.2 Å². The smallest absolute Gasteiger partial charge is 0.417 e. The van der Waals surface area contributed by atoms with Crippen LogP contribution in [0.15, 0.2) is 58.8 Å². The number of nitrogens with one attached hydrogen (secondary N) is 3. The number of ether oxygens (including phenoxy) is 2. The van der Waals surface area contributed by atoms with E-state index in [-0.39, 0.29) is 45.4 Å². The van der Waals surface area contributed by atoms with Crippen LogP contribution >= 0.6 is 0 Å². The van der Waals surface area contributed by atoms with Crippen molar-refractivity contribution in [1.82, 2.24) is 15.5 Å². The van der Waals surface area contributed by atoms with Crippen LogP contribution < -0.4 is 21.7 Å². The van der Waals surface area contributed by atoms with Crippen LogP contribution in [0.3, 0.4) is 0 Å². The Bertz CT molecular complexity index is 1470. The van der Waals surface area contributed by atoms with Gasteiger partial charge in [0.15, 0.2) is 0 Å². The second kappa shape index (κ2) is 16.8. The molecule has 15 heteroatoms. The SMILES string of the molecule is CCOC(=O)C1CC(CCCC(=O)NCC(=O)NCC(=O)Nc2ccc(N=Nc3ccc(N)cc3)cc2)C(=O)N1C(=O)OC(C)(C)C. The molecule has 1 saturated heterocycles. The summed E-state index contributed by atoms with van der Waals surface area (Å²) in [5.41, 5.74) is 7.11. The van der Waals surface area contributed by atoms with Crippen molar-refractivity contribution < 1.29 is 38.2 Å². The Hall–Kier alpha value is -5.34. The van der Waals surface area contributed by atoms with Crippen LogP contribution in [0.2, 0.25) is 0 Å². The quantitative estimate of drug-likeness (QED) is 0.141. The fraction of sp³-hybridized carbons (Fsp3) is 0.438. The average Bonchev–Trinajstić information content (AvgIpc) is 3.34. The van der Waals surface area contributed by atoms with E-state index < -0.39 is 53.3 Å². The predicted molar refractivity (Wildman–Crippen MR) is 172 cm³/mol. The van der Waals surface area contributed by atoms with Crippen LogP contribution in [0.1, 0.15) is 53.4 Å². The van der Waals surface area contributed by atoms with Crippen LogP contribution in [-0.2, 0) is 33.4 Å². The zero-order valence-corrected chi connectivity index (χ0v) is 26.9. The highest BCUT2D eigenvalue weighted by atomic mass is 16.6. The van der Waals surface area contributed by atoms with Gasteiger partial charge in [-0.1, -0.05) is 0 Å². The van der Waals surface area contributed by atoms with Gasteiger partial charge in [0.05, 0.1) is 31.1 Å². The van der Waals surface area contributed by atoms with Crippen molar-refractivity contribution in [2.24, 2.45) is 16.1 Å². The molecule has 2 atom stereocenters. The Labute approximate surface area is 272 Å². The molecule has 3 rings (SSSR count). The molecule has 1 heterocycles. The molecule has 5 amide bonds. The number of hydrogen-bond acceptors (Lipinski definition) is 11. The maximum Gasteiger partial charge on any atom is 0.417 e. The van der Waals surface area contributed by atoms with Crippen molar-refractivity contribution in [2.45, 2.75) is 65.0 Å². The van der Waals surface area contributed by atoms with Gasteiger partial charge in [-0.2, -0.15) is 10.2 Å². The number of imide groups is 1. The summed E-state index contributed by atoms with van der Waals surface area (Å²) >= 11 is 0. The fourth-order valence-electron chi connectivity index (χ4n) is 4.53. The highest BCUT2D eigenvalue weighted by molar-refractivity contribution is 6.00. The number of benzene rings is 2. The highest BCUT2D eigenvalue weighted by Crippen LogP contribution is 2.31. The molecule has 2 unspecified atom stereocenters. The number of likely N-dealkylation sites (tertiary alicyclic amines) is 1. The third kappa shape index (κ3) is 11.8. The van der Waals surface area contributed by atoms with E-state index in [1.54, 1.807) is 76.2 Å². The monoisotopic (exact) mass is 651 g/mol. The van der Waals surface area contributed by atoms with E-state index in [9.17, 15) is 28.8 Å². The Morgan fingerprint density at radius 1 is 0.894 bits per heavy atom. The summed E-state index contributed by atoms with van der Waals surface area (Å²) in [6, 6.07) is 12.4. The number of rotatable bonds is 13. The molecule has 0 aromatic heterocycles. The van der Waals surface area contributed by atoms with Crippen molar-refractivity contribution >= 4 is 58.4 Å². The molecule has 252 valence electrons. The van der Waals surface area contributed by atoms with Gasteiger partial charge < -0.3 is 31.2 Å². The van der Waals surface area contributed by atoms with Crippen molar-refractivity contribution in [1.29, 1.82) is 0 Å². The van der Waals surface area contributed by atoms with Crippen molar-refractivity contribution in [2.75, 3.05) is 30.7 Å². The normalized spacial score (nSPS) is 16.1. The standard InChI is InChI=1S/C32H41N7O8/c1-5-46-30(44)25-17-20(29(43)39(25)31(45)47-32(2,3)4)7-6-8-26(40)34-18-27(41)35-19-28(42)36-22-13-15-24(16-14-22)38-37-23-11-9-21(33)10-12-23/h9-16,20,25H,5-8,17-19,33H2,1-4H3,(H,34,40)(H,35,41)(H,36,42). The van der Waals surface area contributed by atoms with Gasteiger partial charge in [-0.15, -0.1) is 0 Å². The lowest BCUT2D eigenvalue weighted by Gasteiger charge is -2.26. The lowest BCUT2D eigenvalue weighted by Crippen LogP contribution is -2.46. The number of nitrogen functional groups attached to an aromatic ring is 1. The highest BCUT2D eigenvalue weighted by Gasteiger charge is 2.48. The summed E-state index contributed by atoms with van der Waals surface area (Å²) in [6.07, 6.45) is -0.356. The number of anilines is 2. The number of carbonyl (C=O) groups is 6. The number of azo groups is 1. The van der Waals surface area contributed by atoms with Gasteiger partial charge in [0.2, 0.25) is 23.6 Å². The molecule has 0 spiro atoms. The summed E-state index contributed by atoms with van der Waals surface area (Å²) in [7, 11) is 0. The Morgan fingerprint density at radius 3 is 2.06 bits per heavy atom. The molecule has 1 aliphatic rings. The van der Waals surface area contributed by atoms with Gasteiger partial charge in [0.1, 0.15) is 11.6 Å². The van der Waals surface area contributed by atoms with Crippen molar-refractivity contribution in [3.8, 4) is 0 Å². The number of carbonyl (C=O) groups excluding carboxylic acids is 6. The van der Waals surface area contributed by atoms with Crippen LogP contribution in [0.4, 0.5) is 27.5 Å². The molecule has 47 heavy (non-hydrogen) atoms. The molecule has 2 aromatic rings. The molecule has 0 radical (unpaired) electrons. The molecule has 0 aliphatic carbocycles. The van der Waals surface area contributed by atoms with E-state index in [0.29, 0.717) is 22.7 Å². The second-order valence-corrected chi connectivity index (χ2v) is 11.7. The van der Waals surface area contributed by atoms with E-state index in [1.807, 2.05) is 0 Å². The van der Waals surface area contributed by atoms with E-state index in [4.69, 9.17) is 15.2 Å². The Kier molecular flexibility index (Phi) is 12.9. The number of nitrogens with zero attached hydrogens (tertiary/aromatic N) is 3. The fourth-order valence-corrected chi connectivity index (χ4v) is 4.53. The van der Waals surface area contributed by atoms with Crippen molar-refractivity contribution in [3.05, 3.63) is 48.5 Å². The first-order chi connectivity index (χ1) is 22.3. The zero-order chi connectivity index (χ0) is 34.6. The Balaban J connectivity index is 1.36. The van der Waals surface area contributed by atoms with Crippen LogP contribution in [0, 0.1) is 5.92 Å². The topological polar surface area (TPSA) is 211 Å². The average molecular weight is 652 g/mol. The maximum absolute atomic E-state index is 13.0. The van der Waals surface area contributed by atoms with E-state index in [1.165, 1.54) is 0 Å². The maximum atomic E-state index is 13.0. The molecular weight excluding hydrogens is 610 g/mol. The zero-order valence-electron chi connectivity index (χ0n) is 26.9. The first-order valence-electron chi connectivity index (χ1n) is 15.2. The third-order valence-corrected chi connectivity index (χ3v) is 6.73. The van der Waals surface area contributed by atoms with Gasteiger partial charge in [0, 0.05) is 23.7 Å². The minimum Gasteiger partial charge on any atom is -0.464 e. The first-order valence-corrected chi connectivity index (χ1v) is 15.2. The molecule has 0 bridgehead atoms. The molecule has 0 saturated carbocycles. The molecule has 1 aliphatic heterocycles. The number of nitrogens with two attached hydrogens (primary N) is 1. The van der Waals surface area contributed by atoms with Gasteiger partial charge in [-0.25, -0.2) is 14.5 Å². The predicted octanol–water partition coefficient (Wildman–Crippen LogP) is 3.74. The molecule has 15 nitrogen and oxygen atoms in total. The lowest BCUT2D eigenvalue weighted by atomic mass is 9.98. The number of hydrogen-bond donors (Lipinski definition) is 4. The van der Waals surface area contributed by atoms with Crippen LogP contribution in [0.5, 0.6) is 0 Å². The number of esters is 1. The number of amides is 5. The third-order valence-electron chi connectivity index (χ3n) is 6.73. The van der Waals surface area contributed by atoms with E-state index >= 15 is 0 Å². The summed E-state index contributed by atoms with van der Waals surface area (Å²) in [4.78, 5) is 75.7. The summed E-state index contributed by atoms with van der Waals surface area (Å²) in [6.45, 7) is 6.00. The minimum atomic E-state index is -1.10. The molecule has 2 aromatic carbocycles. The van der Waals surface area contributed by atoms with Crippen LogP contribution in [-0.4, -0.2) is 71.9 Å². The largest absolute Gasteiger partial charge is 0.464 e. The van der Waals surface area contributed by atoms with Crippen LogP contribution in [0.25, 0.3) is 0 Å². The summed E-state index contributed by atoms with van der Waals surface area (Å²) < 4.78 is 10.4. The summed E-state index contributed by atoms with van der Waals surface area (Å²) in [5.74, 6) is -3.41. The Morgan fingerprint density at radius 2 is 1.47 bits per heavy atom. The first kappa shape index (κ1) is 36.1. The molecular formula is C32H41N7O8. The molecule has 5 N–H and O–H groups in total. The second-order valence-electron chi connectivity index (χ2n) is 11.7. The molecule has 1 fully saturated rings. The van der Waals surface area contributed by atoms with Gasteiger partial charge in [-0.05, 0) is 95.5 Å². The minimum absolute atomic E-state index is 0.00357. The van der Waals surface area contributed by atoms with E-state index in [2.05, 4.69) is 26.2 Å². The van der Waals surface area contributed by atoms with Gasteiger partial charge >= 0.3 is 12.1 Å². The van der Waals surface area contributed by atoms with Crippen molar-refractivity contribution in [3.63, 3.8) is 0 Å². The van der Waals surface area contributed by atoms with E-state index in [0.717, 1.165) is 4.90 Å².